The molecule has 2 aliphatic heterocycles. The van der Waals surface area contributed by atoms with E-state index in [-0.39, 0.29) is 24.0 Å². The highest BCUT2D eigenvalue weighted by Crippen LogP contribution is 2.66. The molecule has 0 aromatic rings. The van der Waals surface area contributed by atoms with E-state index in [1.807, 2.05) is 0 Å². The van der Waals surface area contributed by atoms with Gasteiger partial charge in [0.1, 0.15) is 40.7 Å². The van der Waals surface area contributed by atoms with Crippen LogP contribution >= 0.6 is 0 Å². The van der Waals surface area contributed by atoms with Crippen molar-refractivity contribution in [1.29, 1.82) is 0 Å². The molecule has 0 radical (unpaired) electrons. The van der Waals surface area contributed by atoms with Crippen LogP contribution in [-0.4, -0.2) is 100 Å². The van der Waals surface area contributed by atoms with Crippen molar-refractivity contribution in [2.45, 2.75) is 168 Å². The van der Waals surface area contributed by atoms with Gasteiger partial charge in [0.05, 0.1) is 11.8 Å². The van der Waals surface area contributed by atoms with E-state index in [0.717, 1.165) is 0 Å². The highest BCUT2D eigenvalue weighted by Gasteiger charge is 2.80. The van der Waals surface area contributed by atoms with Crippen LogP contribution < -0.4 is 0 Å². The fraction of sp³-hybridized carbons (Fsp3) is 0.784. The largest absolute Gasteiger partial charge is 0.509 e. The van der Waals surface area contributed by atoms with Crippen LogP contribution in [0, 0.1) is 16.7 Å². The highest BCUT2D eigenvalue weighted by atomic mass is 16.8. The van der Waals surface area contributed by atoms with Crippen LogP contribution in [0.1, 0.15) is 109 Å². The molecule has 0 aromatic carbocycles. The summed E-state index contributed by atoms with van der Waals surface area (Å²) in [5.41, 5.74) is -10.4. The summed E-state index contributed by atoms with van der Waals surface area (Å²) < 4.78 is 51.7. The number of hydrogen-bond donors (Lipinski definition) is 1. The smallest absolute Gasteiger partial charge is 0.459 e. The van der Waals surface area contributed by atoms with Gasteiger partial charge in [-0.1, -0.05) is 13.8 Å². The fourth-order valence-corrected chi connectivity index (χ4v) is 8.75. The Morgan fingerprint density at radius 3 is 1.81 bits per heavy atom. The van der Waals surface area contributed by atoms with Gasteiger partial charge in [-0.3, -0.25) is 9.59 Å². The van der Waals surface area contributed by atoms with Gasteiger partial charge in [0, 0.05) is 24.2 Å². The molecule has 5 aliphatic rings. The second-order valence-corrected chi connectivity index (χ2v) is 18.3. The van der Waals surface area contributed by atoms with Crippen molar-refractivity contribution < 1.29 is 76.5 Å². The number of rotatable bonds is 3. The third-order valence-electron chi connectivity index (χ3n) is 10.8. The number of hydrogen-bond acceptors (Lipinski definition) is 16. The molecule has 1 N–H and O–H groups in total. The Balaban J connectivity index is 1.81. The molecule has 5 rings (SSSR count). The summed E-state index contributed by atoms with van der Waals surface area (Å²) >= 11 is 0. The minimum atomic E-state index is -2.22. The SMILES string of the molecule is CC1=C2[C@@H](OC(=O)OC(C)(C)C)C(=O)[C@]3(C)[C@@H](OC(=O)OC(C)(C)C)C[C@@H]4OC(=O)C[C@]4(O)[C@H]3[C@@H]3OC(=O)O[C@@]3(C[C@@H]1OC(=O)OC(C)(C)C)C2(C)C. The molecule has 9 atom stereocenters. The summed E-state index contributed by atoms with van der Waals surface area (Å²) in [6.07, 6.45) is -13.5. The summed E-state index contributed by atoms with van der Waals surface area (Å²) in [7, 11) is 0. The lowest BCUT2D eigenvalue weighted by molar-refractivity contribution is -0.244. The van der Waals surface area contributed by atoms with Crippen molar-refractivity contribution >= 4 is 36.4 Å². The van der Waals surface area contributed by atoms with Gasteiger partial charge in [-0.15, -0.1) is 0 Å². The first-order valence-corrected chi connectivity index (χ1v) is 17.7. The van der Waals surface area contributed by atoms with E-state index in [9.17, 15) is 29.1 Å². The third-order valence-corrected chi connectivity index (χ3v) is 10.8. The second-order valence-electron chi connectivity index (χ2n) is 18.3. The average Bonchev–Trinajstić information content (AvgIpc) is 3.41. The number of carbonyl (C=O) groups is 6. The standard InChI is InChI=1S/C37H52O16/c1-17-18(45-27(40)50-31(2,3)4)15-37-26(49-30(43)53-37)24-35(13,25(39)23(22(17)34(37,11)12)48-29(42)52-33(8,9)10)19(47-28(41)51-32(5,6)7)14-20-36(24,44)16-21(38)46-20/h18-20,23-24,26,44H,14-16H2,1-13H3/t18-,19-,20-,23+,24-,26-,35+,36+,37+/m0/s1. The third kappa shape index (κ3) is 6.91. The molecule has 0 amide bonds. The molecule has 0 aromatic heterocycles. The summed E-state index contributed by atoms with van der Waals surface area (Å²) in [6, 6.07) is 0. The molecule has 2 saturated heterocycles. The van der Waals surface area contributed by atoms with Gasteiger partial charge in [0.25, 0.3) is 0 Å². The van der Waals surface area contributed by atoms with Crippen molar-refractivity contribution in [3.05, 3.63) is 11.1 Å². The maximum absolute atomic E-state index is 15.6. The predicted molar refractivity (Wildman–Crippen MR) is 179 cm³/mol. The van der Waals surface area contributed by atoms with Gasteiger partial charge in [-0.25, -0.2) is 19.2 Å². The Kier molecular flexibility index (Phi) is 9.45. The molecule has 296 valence electrons. The van der Waals surface area contributed by atoms with Gasteiger partial charge < -0.3 is 47.7 Å². The number of esters is 1. The Morgan fingerprint density at radius 2 is 1.28 bits per heavy atom. The number of ether oxygens (including phenoxy) is 9. The summed E-state index contributed by atoms with van der Waals surface area (Å²) in [6.45, 7) is 20.8. The van der Waals surface area contributed by atoms with E-state index >= 15 is 4.79 Å². The van der Waals surface area contributed by atoms with Crippen molar-refractivity contribution in [1.82, 2.24) is 0 Å². The van der Waals surface area contributed by atoms with Crippen LogP contribution in [0.25, 0.3) is 0 Å². The summed E-state index contributed by atoms with van der Waals surface area (Å²) in [5, 5.41) is 12.7. The lowest BCUT2D eigenvalue weighted by Gasteiger charge is -2.61. The van der Waals surface area contributed by atoms with Crippen LogP contribution in [-0.2, 0) is 52.2 Å². The lowest BCUT2D eigenvalue weighted by atomic mass is 9.45. The molecule has 16 heteroatoms. The first-order chi connectivity index (χ1) is 23.9. The van der Waals surface area contributed by atoms with E-state index in [2.05, 4.69) is 0 Å². The molecule has 3 aliphatic carbocycles. The van der Waals surface area contributed by atoms with Crippen molar-refractivity contribution in [2.75, 3.05) is 0 Å². The van der Waals surface area contributed by atoms with Crippen LogP contribution in [0.3, 0.4) is 0 Å². The number of fused-ring (bicyclic) bond motifs is 5. The van der Waals surface area contributed by atoms with Gasteiger partial charge in [0.15, 0.2) is 23.6 Å². The van der Waals surface area contributed by atoms with Gasteiger partial charge in [-0.05, 0) is 87.3 Å². The molecule has 2 heterocycles. The van der Waals surface area contributed by atoms with Crippen molar-refractivity contribution in [3.63, 3.8) is 0 Å². The van der Waals surface area contributed by atoms with Gasteiger partial charge in [-0.2, -0.15) is 0 Å². The lowest BCUT2D eigenvalue weighted by Crippen LogP contribution is -2.75. The van der Waals surface area contributed by atoms with Crippen molar-refractivity contribution in [2.24, 2.45) is 16.7 Å². The number of ketones is 1. The Labute approximate surface area is 308 Å². The molecule has 16 nitrogen and oxygen atoms in total. The topological polar surface area (TPSA) is 206 Å². The summed E-state index contributed by atoms with van der Waals surface area (Å²) in [5.74, 6) is -3.33. The summed E-state index contributed by atoms with van der Waals surface area (Å²) in [4.78, 5) is 82.2. The molecular weight excluding hydrogens is 700 g/mol. The van der Waals surface area contributed by atoms with Crippen LogP contribution in [0.2, 0.25) is 0 Å². The number of Topliss-reactive ketones (excluding diaryl/α,β-unsaturated/α-hetero) is 1. The zero-order valence-electron chi connectivity index (χ0n) is 32.7. The van der Waals surface area contributed by atoms with Gasteiger partial charge >= 0.3 is 30.6 Å². The zero-order chi connectivity index (χ0) is 40.1. The molecule has 2 bridgehead atoms. The van der Waals surface area contributed by atoms with Crippen LogP contribution in [0.15, 0.2) is 11.1 Å². The van der Waals surface area contributed by atoms with E-state index < -0.39 is 118 Å². The number of aliphatic hydroxyl groups is 1. The number of carbonyl (C=O) groups excluding carboxylic acids is 6. The monoisotopic (exact) mass is 752 g/mol. The minimum absolute atomic E-state index is 0.0834. The fourth-order valence-electron chi connectivity index (χ4n) is 8.75. The molecule has 1 spiro atoms. The highest BCUT2D eigenvalue weighted by molar-refractivity contribution is 5.95. The van der Waals surface area contributed by atoms with Gasteiger partial charge in [0.2, 0.25) is 0 Å². The maximum atomic E-state index is 15.6. The second kappa shape index (κ2) is 12.5. The first kappa shape index (κ1) is 40.1. The normalized spacial score (nSPS) is 36.2. The van der Waals surface area contributed by atoms with E-state index in [1.54, 1.807) is 83.1 Å². The van der Waals surface area contributed by atoms with Crippen LogP contribution in [0.4, 0.5) is 19.2 Å². The molecule has 2 saturated carbocycles. The zero-order valence-corrected chi connectivity index (χ0v) is 32.7. The Bertz CT molecular complexity index is 1620. The minimum Gasteiger partial charge on any atom is -0.459 e. The molecular formula is C37H52O16. The average molecular weight is 753 g/mol. The maximum Gasteiger partial charge on any atom is 0.509 e. The molecule has 4 fully saturated rings. The van der Waals surface area contributed by atoms with E-state index in [0.29, 0.717) is 0 Å². The molecule has 0 unspecified atom stereocenters. The predicted octanol–water partition coefficient (Wildman–Crippen LogP) is 5.62. The van der Waals surface area contributed by atoms with E-state index in [1.165, 1.54) is 6.92 Å². The Morgan fingerprint density at radius 1 is 0.774 bits per heavy atom. The first-order valence-electron chi connectivity index (χ1n) is 17.7. The van der Waals surface area contributed by atoms with E-state index in [4.69, 9.17) is 42.6 Å². The molecule has 53 heavy (non-hydrogen) atoms. The van der Waals surface area contributed by atoms with Crippen molar-refractivity contribution in [3.8, 4) is 0 Å². The van der Waals surface area contributed by atoms with Crippen LogP contribution in [0.5, 0.6) is 0 Å². The Hall–Kier alpha value is -4.08. The quantitative estimate of drug-likeness (QED) is 0.211.